The van der Waals surface area contributed by atoms with Crippen molar-refractivity contribution in [3.8, 4) is 22.8 Å². The van der Waals surface area contributed by atoms with Gasteiger partial charge in [0.2, 0.25) is 0 Å². The van der Waals surface area contributed by atoms with E-state index in [0.717, 1.165) is 5.56 Å². The Kier molecular flexibility index (Phi) is 5.06. The maximum Gasteiger partial charge on any atom is 0.347 e. The van der Waals surface area contributed by atoms with Gasteiger partial charge >= 0.3 is 5.97 Å². The van der Waals surface area contributed by atoms with Crippen molar-refractivity contribution >= 4 is 28.5 Å². The SMILES string of the molecule is COc1ccccc1C(=O)Oc1ccc2oc(-c3ccc(Cl)cc3)cc(=O)c2c1. The molecule has 1 heterocycles. The molecule has 1 aromatic heterocycles. The van der Waals surface area contributed by atoms with Crippen molar-refractivity contribution in [2.45, 2.75) is 0 Å². The third kappa shape index (κ3) is 3.86. The van der Waals surface area contributed by atoms with Crippen LogP contribution in [0.15, 0.2) is 82.0 Å². The molecule has 0 aliphatic rings. The first-order valence-corrected chi connectivity index (χ1v) is 9.12. The fourth-order valence-electron chi connectivity index (χ4n) is 2.93. The van der Waals surface area contributed by atoms with E-state index >= 15 is 0 Å². The van der Waals surface area contributed by atoms with Gasteiger partial charge in [0, 0.05) is 16.7 Å². The standard InChI is InChI=1S/C23H15ClO5/c1-27-20-5-3-2-4-17(20)23(26)28-16-10-11-21-18(12-16)19(25)13-22(29-21)14-6-8-15(24)9-7-14/h2-13H,1H3. The largest absolute Gasteiger partial charge is 0.496 e. The average Bonchev–Trinajstić information content (AvgIpc) is 2.74. The number of esters is 1. The lowest BCUT2D eigenvalue weighted by atomic mass is 10.1. The highest BCUT2D eigenvalue weighted by atomic mass is 35.5. The van der Waals surface area contributed by atoms with Crippen molar-refractivity contribution in [2.75, 3.05) is 7.11 Å². The number of hydrogen-bond acceptors (Lipinski definition) is 5. The van der Waals surface area contributed by atoms with Crippen LogP contribution in [0.4, 0.5) is 0 Å². The van der Waals surface area contributed by atoms with Gasteiger partial charge in [0.1, 0.15) is 28.4 Å². The first kappa shape index (κ1) is 18.8. The molecule has 29 heavy (non-hydrogen) atoms. The third-order valence-electron chi connectivity index (χ3n) is 4.36. The molecule has 0 spiro atoms. The molecule has 0 fully saturated rings. The molecule has 0 saturated heterocycles. The number of carbonyl (C=O) groups excluding carboxylic acids is 1. The van der Waals surface area contributed by atoms with Crippen LogP contribution in [0.1, 0.15) is 10.4 Å². The molecule has 6 heteroatoms. The van der Waals surface area contributed by atoms with Gasteiger partial charge in [-0.2, -0.15) is 0 Å². The summed E-state index contributed by atoms with van der Waals surface area (Å²) < 4.78 is 16.4. The molecule has 0 saturated carbocycles. The van der Waals surface area contributed by atoms with E-state index in [9.17, 15) is 9.59 Å². The fraction of sp³-hybridized carbons (Fsp3) is 0.0435. The highest BCUT2D eigenvalue weighted by Crippen LogP contribution is 2.26. The summed E-state index contributed by atoms with van der Waals surface area (Å²) in [6.07, 6.45) is 0. The van der Waals surface area contributed by atoms with Gasteiger partial charge in [-0.15, -0.1) is 0 Å². The summed E-state index contributed by atoms with van der Waals surface area (Å²) in [4.78, 5) is 25.1. The summed E-state index contributed by atoms with van der Waals surface area (Å²) in [7, 11) is 1.48. The van der Waals surface area contributed by atoms with Crippen LogP contribution in [0.2, 0.25) is 5.02 Å². The van der Waals surface area contributed by atoms with Gasteiger partial charge in [-0.25, -0.2) is 4.79 Å². The zero-order valence-corrected chi connectivity index (χ0v) is 16.1. The monoisotopic (exact) mass is 406 g/mol. The van der Waals surface area contributed by atoms with Crippen molar-refractivity contribution in [1.29, 1.82) is 0 Å². The van der Waals surface area contributed by atoms with Gasteiger partial charge in [-0.3, -0.25) is 4.79 Å². The quantitative estimate of drug-likeness (QED) is 0.338. The van der Waals surface area contributed by atoms with E-state index in [1.165, 1.54) is 19.2 Å². The van der Waals surface area contributed by atoms with Crippen molar-refractivity contribution in [2.24, 2.45) is 0 Å². The molecule has 0 bridgehead atoms. The van der Waals surface area contributed by atoms with Gasteiger partial charge < -0.3 is 13.9 Å². The molecule has 5 nitrogen and oxygen atoms in total. The van der Waals surface area contributed by atoms with Gasteiger partial charge in [-0.1, -0.05) is 23.7 Å². The molecule has 0 aliphatic heterocycles. The summed E-state index contributed by atoms with van der Waals surface area (Å²) in [5.74, 6) is 0.493. The summed E-state index contributed by atoms with van der Waals surface area (Å²) in [5.41, 5.74) is 1.17. The molecule has 3 aromatic carbocycles. The lowest BCUT2D eigenvalue weighted by Crippen LogP contribution is -2.10. The van der Waals surface area contributed by atoms with E-state index < -0.39 is 5.97 Å². The molecule has 0 aliphatic carbocycles. The van der Waals surface area contributed by atoms with Crippen LogP contribution in [-0.4, -0.2) is 13.1 Å². The van der Waals surface area contributed by atoms with Gasteiger partial charge in [0.15, 0.2) is 5.43 Å². The van der Waals surface area contributed by atoms with Crippen molar-refractivity contribution in [3.05, 3.63) is 93.6 Å². The number of carbonyl (C=O) groups is 1. The average molecular weight is 407 g/mol. The Bertz CT molecular complexity index is 1260. The predicted octanol–water partition coefficient (Wildman–Crippen LogP) is 5.34. The smallest absolute Gasteiger partial charge is 0.347 e. The second-order valence-electron chi connectivity index (χ2n) is 6.23. The maximum absolute atomic E-state index is 12.6. The van der Waals surface area contributed by atoms with E-state index in [1.807, 2.05) is 0 Å². The normalized spacial score (nSPS) is 10.7. The van der Waals surface area contributed by atoms with Gasteiger partial charge in [0.05, 0.1) is 12.5 Å². The van der Waals surface area contributed by atoms with E-state index in [4.69, 9.17) is 25.5 Å². The summed E-state index contributed by atoms with van der Waals surface area (Å²) in [5, 5.41) is 0.909. The molecule has 0 N–H and O–H groups in total. The first-order valence-electron chi connectivity index (χ1n) is 8.74. The molecule has 0 atom stereocenters. The number of halogens is 1. The Morgan fingerprint density at radius 1 is 0.966 bits per heavy atom. The Morgan fingerprint density at radius 3 is 2.48 bits per heavy atom. The third-order valence-corrected chi connectivity index (χ3v) is 4.62. The van der Waals surface area contributed by atoms with Crippen LogP contribution in [0, 0.1) is 0 Å². The topological polar surface area (TPSA) is 65.7 Å². The van der Waals surface area contributed by atoms with Crippen LogP contribution in [0.3, 0.4) is 0 Å². The van der Waals surface area contributed by atoms with Gasteiger partial charge in [-0.05, 0) is 54.6 Å². The second-order valence-corrected chi connectivity index (χ2v) is 6.67. The summed E-state index contributed by atoms with van der Waals surface area (Å²) >= 11 is 5.91. The van der Waals surface area contributed by atoms with Gasteiger partial charge in [0.25, 0.3) is 0 Å². The molecular formula is C23H15ClO5. The number of ether oxygens (including phenoxy) is 2. The Hall–Kier alpha value is -3.57. The van der Waals surface area contributed by atoms with Crippen LogP contribution in [0.5, 0.6) is 11.5 Å². The minimum Gasteiger partial charge on any atom is -0.496 e. The Labute approximate surface area is 171 Å². The van der Waals surface area contributed by atoms with Crippen molar-refractivity contribution in [1.82, 2.24) is 0 Å². The highest BCUT2D eigenvalue weighted by Gasteiger charge is 2.15. The van der Waals surface area contributed by atoms with E-state index in [0.29, 0.717) is 33.1 Å². The minimum atomic E-state index is -0.580. The zero-order chi connectivity index (χ0) is 20.4. The second kappa shape index (κ2) is 7.81. The van der Waals surface area contributed by atoms with E-state index in [-0.39, 0.29) is 11.2 Å². The number of fused-ring (bicyclic) bond motifs is 1. The molecule has 0 unspecified atom stereocenters. The number of hydrogen-bond donors (Lipinski definition) is 0. The molecule has 0 amide bonds. The number of para-hydroxylation sites is 1. The molecular weight excluding hydrogens is 392 g/mol. The summed E-state index contributed by atoms with van der Waals surface area (Å²) in [6.45, 7) is 0. The number of rotatable bonds is 4. The molecule has 0 radical (unpaired) electrons. The highest BCUT2D eigenvalue weighted by molar-refractivity contribution is 6.30. The van der Waals surface area contributed by atoms with Crippen molar-refractivity contribution < 1.29 is 18.7 Å². The lowest BCUT2D eigenvalue weighted by molar-refractivity contribution is 0.0731. The summed E-state index contributed by atoms with van der Waals surface area (Å²) in [6, 6.07) is 19.8. The Balaban J connectivity index is 1.67. The Morgan fingerprint density at radius 2 is 1.72 bits per heavy atom. The lowest BCUT2D eigenvalue weighted by Gasteiger charge is -2.09. The van der Waals surface area contributed by atoms with Crippen LogP contribution in [0.25, 0.3) is 22.3 Å². The fourth-order valence-corrected chi connectivity index (χ4v) is 3.06. The number of benzene rings is 3. The van der Waals surface area contributed by atoms with E-state index in [2.05, 4.69) is 0 Å². The number of methoxy groups -OCH3 is 1. The van der Waals surface area contributed by atoms with Crippen LogP contribution < -0.4 is 14.9 Å². The molecule has 4 rings (SSSR count). The van der Waals surface area contributed by atoms with E-state index in [1.54, 1.807) is 60.7 Å². The maximum atomic E-state index is 12.6. The predicted molar refractivity (Wildman–Crippen MR) is 111 cm³/mol. The van der Waals surface area contributed by atoms with Crippen LogP contribution in [-0.2, 0) is 0 Å². The minimum absolute atomic E-state index is 0.236. The molecule has 4 aromatic rings. The van der Waals surface area contributed by atoms with Crippen molar-refractivity contribution in [3.63, 3.8) is 0 Å². The van der Waals surface area contributed by atoms with Crippen LogP contribution >= 0.6 is 11.6 Å². The zero-order valence-electron chi connectivity index (χ0n) is 15.3. The first-order chi connectivity index (χ1) is 14.0. The molecule has 144 valence electrons.